The number of nitrogens with zero attached hydrogens (tertiary/aromatic N) is 1. The van der Waals surface area contributed by atoms with Crippen LogP contribution < -0.4 is 0 Å². The quantitative estimate of drug-likeness (QED) is 0.739. The van der Waals surface area contributed by atoms with Gasteiger partial charge >= 0.3 is 0 Å². The summed E-state index contributed by atoms with van der Waals surface area (Å²) < 4.78 is 5.27. The molecule has 0 radical (unpaired) electrons. The van der Waals surface area contributed by atoms with Crippen LogP contribution in [0.15, 0.2) is 30.3 Å². The van der Waals surface area contributed by atoms with Crippen molar-refractivity contribution in [2.75, 3.05) is 7.11 Å². The number of hydrogen-bond acceptors (Lipinski definition) is 3. The van der Waals surface area contributed by atoms with Gasteiger partial charge in [-0.15, -0.1) is 0 Å². The van der Waals surface area contributed by atoms with Gasteiger partial charge in [-0.05, 0) is 12.5 Å². The van der Waals surface area contributed by atoms with Crippen molar-refractivity contribution in [3.63, 3.8) is 0 Å². The Balaban J connectivity index is 2.37. The molecule has 1 heterocycles. The third-order valence-corrected chi connectivity index (χ3v) is 3.28. The van der Waals surface area contributed by atoms with E-state index in [0.717, 1.165) is 5.56 Å². The van der Waals surface area contributed by atoms with Gasteiger partial charge in [0.15, 0.2) is 5.79 Å². The first-order valence-electron chi connectivity index (χ1n) is 5.66. The number of ether oxygens (including phenoxy) is 1. The van der Waals surface area contributed by atoms with Crippen LogP contribution >= 0.6 is 0 Å². The molecule has 0 aromatic heterocycles. The number of methoxy groups -OCH3 is 1. The van der Waals surface area contributed by atoms with E-state index in [9.17, 15) is 5.21 Å². The molecule has 0 bridgehead atoms. The molecule has 4 nitrogen and oxygen atoms in total. The third-order valence-electron chi connectivity index (χ3n) is 3.28. The molecule has 17 heavy (non-hydrogen) atoms. The van der Waals surface area contributed by atoms with Crippen molar-refractivity contribution in [2.45, 2.75) is 32.0 Å². The van der Waals surface area contributed by atoms with E-state index < -0.39 is 5.79 Å². The lowest BCUT2D eigenvalue weighted by Gasteiger charge is -2.37. The molecule has 0 N–H and O–H groups in total. The van der Waals surface area contributed by atoms with Crippen molar-refractivity contribution in [3.8, 4) is 0 Å². The Kier molecular flexibility index (Phi) is 3.07. The van der Waals surface area contributed by atoms with Gasteiger partial charge in [0.25, 0.3) is 0 Å². The maximum absolute atomic E-state index is 11.7. The van der Waals surface area contributed by atoms with E-state index in [4.69, 9.17) is 9.57 Å². The summed E-state index contributed by atoms with van der Waals surface area (Å²) in [5, 5.41) is 11.7. The van der Waals surface area contributed by atoms with Crippen molar-refractivity contribution in [1.29, 1.82) is 0 Å². The van der Waals surface area contributed by atoms with E-state index in [1.165, 1.54) is 0 Å². The zero-order chi connectivity index (χ0) is 12.5. The molecule has 1 aliphatic heterocycles. The highest BCUT2D eigenvalue weighted by Gasteiger charge is 2.39. The van der Waals surface area contributed by atoms with Gasteiger partial charge in [0, 0.05) is 25.4 Å². The molecule has 92 valence electrons. The van der Waals surface area contributed by atoms with Crippen molar-refractivity contribution < 1.29 is 14.5 Å². The Morgan fingerprint density at radius 3 is 2.65 bits per heavy atom. The highest BCUT2D eigenvalue weighted by atomic mass is 16.9. The summed E-state index contributed by atoms with van der Waals surface area (Å²) >= 11 is 0. The molecule has 0 amide bonds. The minimum atomic E-state index is -0.859. The van der Waals surface area contributed by atoms with Crippen LogP contribution in [-0.4, -0.2) is 23.5 Å². The van der Waals surface area contributed by atoms with Crippen molar-refractivity contribution in [2.24, 2.45) is 0 Å². The second-order valence-corrected chi connectivity index (χ2v) is 4.50. The average Bonchev–Trinajstić information content (AvgIpc) is 2.35. The molecule has 2 rings (SSSR count). The number of rotatable bonds is 2. The molecule has 4 heteroatoms. The molecule has 0 saturated carbocycles. The van der Waals surface area contributed by atoms with Gasteiger partial charge in [-0.1, -0.05) is 30.3 Å². The maximum atomic E-state index is 11.7. The van der Waals surface area contributed by atoms with E-state index in [2.05, 4.69) is 0 Å². The Bertz CT molecular complexity index is 430. The first-order chi connectivity index (χ1) is 8.06. The standard InChI is InChI=1S/C13H17NO3/c1-10-12(11-7-5-4-6-8-11)9-13(2,16-3)17-14(10)15/h4-8,12H,9H2,1-3H3/t12-,13+/m1/s1. The van der Waals surface area contributed by atoms with E-state index in [0.29, 0.717) is 17.0 Å². The van der Waals surface area contributed by atoms with Crippen LogP contribution in [0.5, 0.6) is 0 Å². The number of hydrogen-bond donors (Lipinski definition) is 0. The zero-order valence-corrected chi connectivity index (χ0v) is 10.3. The summed E-state index contributed by atoms with van der Waals surface area (Å²) in [6.07, 6.45) is 0.637. The molecular weight excluding hydrogens is 218 g/mol. The van der Waals surface area contributed by atoms with E-state index in [1.807, 2.05) is 30.3 Å². The summed E-state index contributed by atoms with van der Waals surface area (Å²) in [4.78, 5) is 5.78. The highest BCUT2D eigenvalue weighted by Crippen LogP contribution is 2.33. The fourth-order valence-corrected chi connectivity index (χ4v) is 2.10. The SMILES string of the molecule is CO[C@]1(C)C[C@@H](c2ccccc2)C(C)=[N+]([O-])O1. The Hall–Kier alpha value is -1.55. The predicted molar refractivity (Wildman–Crippen MR) is 64.6 cm³/mol. The van der Waals surface area contributed by atoms with Crippen LogP contribution in [0, 0.1) is 5.21 Å². The third kappa shape index (κ3) is 2.26. The summed E-state index contributed by atoms with van der Waals surface area (Å²) in [5.74, 6) is -0.825. The zero-order valence-electron chi connectivity index (χ0n) is 10.3. The van der Waals surface area contributed by atoms with Gasteiger partial charge in [0.05, 0.1) is 5.92 Å². The van der Waals surface area contributed by atoms with Crippen LogP contribution in [-0.2, 0) is 9.57 Å². The largest absolute Gasteiger partial charge is 0.369 e. The molecule has 0 saturated heterocycles. The summed E-state index contributed by atoms with van der Waals surface area (Å²) in [7, 11) is 1.55. The average molecular weight is 235 g/mol. The summed E-state index contributed by atoms with van der Waals surface area (Å²) in [6, 6.07) is 9.93. The van der Waals surface area contributed by atoms with Crippen LogP contribution in [0.2, 0.25) is 0 Å². The van der Waals surface area contributed by atoms with Crippen molar-refractivity contribution in [1.82, 2.24) is 0 Å². The van der Waals surface area contributed by atoms with Gasteiger partial charge in [-0.25, -0.2) is 0 Å². The molecular formula is C13H17NO3. The molecule has 0 unspecified atom stereocenters. The Morgan fingerprint density at radius 1 is 1.41 bits per heavy atom. The minimum absolute atomic E-state index is 0.0346. The Labute approximate surface area is 101 Å². The second-order valence-electron chi connectivity index (χ2n) is 4.50. The van der Waals surface area contributed by atoms with Crippen LogP contribution in [0.3, 0.4) is 0 Å². The topological polar surface area (TPSA) is 44.5 Å². The lowest BCUT2D eigenvalue weighted by Crippen LogP contribution is -2.43. The van der Waals surface area contributed by atoms with Gasteiger partial charge in [-0.2, -0.15) is 0 Å². The first kappa shape index (κ1) is 11.9. The lowest BCUT2D eigenvalue weighted by atomic mass is 9.88. The molecule has 0 aliphatic carbocycles. The fourth-order valence-electron chi connectivity index (χ4n) is 2.10. The van der Waals surface area contributed by atoms with E-state index in [-0.39, 0.29) is 5.92 Å². The molecule has 2 atom stereocenters. The molecule has 1 aromatic carbocycles. The molecule has 1 aromatic rings. The first-order valence-corrected chi connectivity index (χ1v) is 5.66. The smallest absolute Gasteiger partial charge is 0.226 e. The van der Waals surface area contributed by atoms with E-state index in [1.54, 1.807) is 21.0 Å². The van der Waals surface area contributed by atoms with Crippen LogP contribution in [0.25, 0.3) is 0 Å². The van der Waals surface area contributed by atoms with Crippen molar-refractivity contribution in [3.05, 3.63) is 41.1 Å². The minimum Gasteiger partial charge on any atom is -0.369 e. The molecule has 1 aliphatic rings. The van der Waals surface area contributed by atoms with Gasteiger partial charge in [0.1, 0.15) is 0 Å². The number of benzene rings is 1. The summed E-state index contributed by atoms with van der Waals surface area (Å²) in [6.45, 7) is 3.57. The predicted octanol–water partition coefficient (Wildman–Crippen LogP) is 2.44. The van der Waals surface area contributed by atoms with Gasteiger partial charge < -0.3 is 9.57 Å². The van der Waals surface area contributed by atoms with E-state index >= 15 is 0 Å². The normalized spacial score (nSPS) is 29.0. The monoisotopic (exact) mass is 235 g/mol. The van der Waals surface area contributed by atoms with Gasteiger partial charge in [-0.3, -0.25) is 5.21 Å². The van der Waals surface area contributed by atoms with Gasteiger partial charge in [0.2, 0.25) is 5.71 Å². The van der Waals surface area contributed by atoms with Crippen LogP contribution in [0.4, 0.5) is 0 Å². The fraction of sp³-hybridized carbons (Fsp3) is 0.462. The van der Waals surface area contributed by atoms with Crippen molar-refractivity contribution >= 4 is 5.71 Å². The molecule has 0 fully saturated rings. The van der Waals surface area contributed by atoms with Crippen LogP contribution in [0.1, 0.15) is 31.7 Å². The second kappa shape index (κ2) is 4.37. The summed E-state index contributed by atoms with van der Waals surface area (Å²) in [5.41, 5.74) is 1.77. The lowest BCUT2D eigenvalue weighted by molar-refractivity contribution is -0.787. The Morgan fingerprint density at radius 2 is 2.06 bits per heavy atom. The molecule has 0 spiro atoms. The highest BCUT2D eigenvalue weighted by molar-refractivity contribution is 5.84. The maximum Gasteiger partial charge on any atom is 0.226 e.